The summed E-state index contributed by atoms with van der Waals surface area (Å²) in [6.45, 7) is 5.76. The minimum absolute atomic E-state index is 0.000113. The van der Waals surface area contributed by atoms with Crippen LogP contribution in [0.25, 0.3) is 0 Å². The zero-order valence-corrected chi connectivity index (χ0v) is 20.8. The Morgan fingerprint density at radius 1 is 1.34 bits per heavy atom. The molecule has 1 unspecified atom stereocenters. The van der Waals surface area contributed by atoms with Gasteiger partial charge in [0.15, 0.2) is 11.9 Å². The van der Waals surface area contributed by atoms with E-state index in [1.54, 1.807) is 44.2 Å². The molecule has 0 bridgehead atoms. The predicted molar refractivity (Wildman–Crippen MR) is 125 cm³/mol. The van der Waals surface area contributed by atoms with Gasteiger partial charge in [0.05, 0.1) is 18.8 Å². The van der Waals surface area contributed by atoms with E-state index in [9.17, 15) is 14.2 Å². The van der Waals surface area contributed by atoms with Gasteiger partial charge in [-0.25, -0.2) is 13.8 Å². The zero-order chi connectivity index (χ0) is 25.8. The molecule has 0 aliphatic carbocycles. The molecular formula is C22H30FN4O7P. The number of hydrogen-bond acceptors (Lipinski definition) is 9. The molecule has 1 fully saturated rings. The van der Waals surface area contributed by atoms with Crippen molar-refractivity contribution in [3.63, 3.8) is 0 Å². The summed E-state index contributed by atoms with van der Waals surface area (Å²) < 4.78 is 51.9. The minimum Gasteiger partial charge on any atom is -0.462 e. The molecule has 3 rings (SSSR count). The Morgan fingerprint density at radius 3 is 2.66 bits per heavy atom. The lowest BCUT2D eigenvalue weighted by Gasteiger charge is -2.24. The van der Waals surface area contributed by atoms with Gasteiger partial charge in [0.25, 0.3) is 0 Å². The van der Waals surface area contributed by atoms with Gasteiger partial charge in [-0.05, 0) is 45.9 Å². The topological polar surface area (TPSA) is 144 Å². The maximum Gasteiger partial charge on any atom is 0.459 e. The number of alkyl halides is 1. The van der Waals surface area contributed by atoms with Crippen LogP contribution in [0.2, 0.25) is 0 Å². The van der Waals surface area contributed by atoms with Crippen molar-refractivity contribution >= 4 is 19.5 Å². The Bertz CT molecular complexity index is 1130. The molecule has 11 nitrogen and oxygen atoms in total. The molecule has 2 aromatic rings. The third-order valence-corrected chi connectivity index (χ3v) is 6.67. The Kier molecular flexibility index (Phi) is 8.32. The van der Waals surface area contributed by atoms with Crippen LogP contribution in [-0.2, 0) is 23.4 Å². The zero-order valence-electron chi connectivity index (χ0n) is 19.9. The summed E-state index contributed by atoms with van der Waals surface area (Å²) in [5, 5.41) is 2.56. The first-order valence-corrected chi connectivity index (χ1v) is 12.6. The number of benzene rings is 1. The first-order chi connectivity index (χ1) is 16.4. The molecule has 0 radical (unpaired) electrons. The molecule has 1 aromatic carbocycles. The van der Waals surface area contributed by atoms with Crippen LogP contribution in [0.4, 0.5) is 10.2 Å². The van der Waals surface area contributed by atoms with Crippen molar-refractivity contribution in [3.8, 4) is 5.75 Å². The van der Waals surface area contributed by atoms with Crippen molar-refractivity contribution in [2.45, 2.75) is 64.3 Å². The standard InChI is InChI=1S/C22H30FN4O7P/c1-14(2)32-19(28)15(3)26-35(30,34-16-8-6-5-7-9-16)31-13-17-12-22(4,23)20(33-17)27-11-10-18(24)25-21(27)29/h5-11,14-15,17,20H,12-13H2,1-4H3,(H,26,30)(H2,24,25,29)/t15-,17?,20+,22+,35-/m0/s1. The van der Waals surface area contributed by atoms with Crippen LogP contribution in [0.5, 0.6) is 5.75 Å². The summed E-state index contributed by atoms with van der Waals surface area (Å²) in [4.78, 5) is 28.0. The van der Waals surface area contributed by atoms with E-state index < -0.39 is 43.4 Å². The average Bonchev–Trinajstić information content (AvgIpc) is 3.06. The molecule has 1 aliphatic rings. The highest BCUT2D eigenvalue weighted by molar-refractivity contribution is 7.52. The number of halogens is 1. The summed E-state index contributed by atoms with van der Waals surface area (Å²) in [6, 6.07) is 8.55. The van der Waals surface area contributed by atoms with Crippen molar-refractivity contribution < 1.29 is 32.3 Å². The number of rotatable bonds is 10. The van der Waals surface area contributed by atoms with Crippen molar-refractivity contribution in [1.29, 1.82) is 0 Å². The van der Waals surface area contributed by atoms with E-state index >= 15 is 4.39 Å². The molecule has 1 aromatic heterocycles. The number of nitrogens with zero attached hydrogens (tertiary/aromatic N) is 2. The number of para-hydroxylation sites is 1. The van der Waals surface area contributed by atoms with Gasteiger partial charge in [0.2, 0.25) is 0 Å². The summed E-state index contributed by atoms with van der Waals surface area (Å²) in [6.07, 6.45) is -1.42. The highest BCUT2D eigenvalue weighted by Gasteiger charge is 2.48. The van der Waals surface area contributed by atoms with Gasteiger partial charge in [-0.1, -0.05) is 18.2 Å². The van der Waals surface area contributed by atoms with Crippen molar-refractivity contribution in [3.05, 3.63) is 53.1 Å². The number of aromatic nitrogens is 2. The second-order valence-electron chi connectivity index (χ2n) is 8.67. The third kappa shape index (κ3) is 7.11. The smallest absolute Gasteiger partial charge is 0.459 e. The van der Waals surface area contributed by atoms with E-state index in [2.05, 4.69) is 10.1 Å². The van der Waals surface area contributed by atoms with Gasteiger partial charge in [-0.15, -0.1) is 0 Å². The van der Waals surface area contributed by atoms with Crippen molar-refractivity contribution in [1.82, 2.24) is 14.6 Å². The number of carbonyl (C=O) groups is 1. The second kappa shape index (κ2) is 10.9. The molecule has 0 spiro atoms. The van der Waals surface area contributed by atoms with E-state index in [0.29, 0.717) is 0 Å². The van der Waals surface area contributed by atoms with E-state index in [1.807, 2.05) is 0 Å². The van der Waals surface area contributed by atoms with Crippen LogP contribution in [0.15, 0.2) is 47.4 Å². The van der Waals surface area contributed by atoms with Crippen LogP contribution in [-0.4, -0.2) is 46.0 Å². The number of anilines is 1. The Balaban J connectivity index is 1.74. The molecule has 192 valence electrons. The fraction of sp³-hybridized carbons (Fsp3) is 0.500. The maximum absolute atomic E-state index is 15.3. The molecule has 3 N–H and O–H groups in total. The molecule has 0 amide bonds. The largest absolute Gasteiger partial charge is 0.462 e. The highest BCUT2D eigenvalue weighted by atomic mass is 31.2. The summed E-state index contributed by atoms with van der Waals surface area (Å²) in [7, 11) is -4.15. The molecule has 35 heavy (non-hydrogen) atoms. The second-order valence-corrected chi connectivity index (χ2v) is 10.4. The molecule has 2 heterocycles. The quantitative estimate of drug-likeness (QED) is 0.360. The maximum atomic E-state index is 15.3. The fourth-order valence-electron chi connectivity index (χ4n) is 3.49. The number of nitrogens with two attached hydrogens (primary N) is 1. The highest BCUT2D eigenvalue weighted by Crippen LogP contribution is 2.47. The summed E-state index contributed by atoms with van der Waals surface area (Å²) in [5.41, 5.74) is 2.78. The number of ether oxygens (including phenoxy) is 2. The first kappa shape index (κ1) is 26.8. The van der Waals surface area contributed by atoms with E-state index in [4.69, 9.17) is 24.3 Å². The molecular weight excluding hydrogens is 482 g/mol. The monoisotopic (exact) mass is 512 g/mol. The minimum atomic E-state index is -4.15. The van der Waals surface area contributed by atoms with Gasteiger partial charge >= 0.3 is 19.4 Å². The molecule has 1 saturated heterocycles. The number of hydrogen-bond donors (Lipinski definition) is 2. The fourth-order valence-corrected chi connectivity index (χ4v) is 5.01. The number of nitrogen functional groups attached to an aromatic ring is 1. The number of carbonyl (C=O) groups excluding carboxylic acids is 1. The third-order valence-electron chi connectivity index (χ3n) is 5.02. The SMILES string of the molecule is CC(C)OC(=O)[C@H](C)N[P@](=O)(OCC1C[C@@](C)(F)[C@H](n2ccc(N)nc2=O)O1)Oc1ccccc1. The summed E-state index contributed by atoms with van der Waals surface area (Å²) in [5.74, 6) is -0.420. The lowest BCUT2D eigenvalue weighted by molar-refractivity contribution is -0.149. The molecule has 13 heteroatoms. The van der Waals surface area contributed by atoms with Crippen molar-refractivity contribution in [2.75, 3.05) is 12.3 Å². The Hall–Kier alpha value is -2.79. The number of esters is 1. The van der Waals surface area contributed by atoms with Crippen LogP contribution >= 0.6 is 7.75 Å². The van der Waals surface area contributed by atoms with Crippen LogP contribution in [0.3, 0.4) is 0 Å². The number of nitrogens with one attached hydrogen (secondary N) is 1. The summed E-state index contributed by atoms with van der Waals surface area (Å²) >= 11 is 0. The van der Waals surface area contributed by atoms with Gasteiger partial charge in [-0.2, -0.15) is 10.1 Å². The van der Waals surface area contributed by atoms with Gasteiger partial charge in [-0.3, -0.25) is 13.9 Å². The molecule has 1 aliphatic heterocycles. The Labute approximate surface area is 202 Å². The molecule has 0 saturated carbocycles. The lowest BCUT2D eigenvalue weighted by Crippen LogP contribution is -2.36. The van der Waals surface area contributed by atoms with Crippen LogP contribution in [0, 0.1) is 0 Å². The van der Waals surface area contributed by atoms with Crippen LogP contribution in [0.1, 0.15) is 40.3 Å². The lowest BCUT2D eigenvalue weighted by atomic mass is 10.0. The van der Waals surface area contributed by atoms with Gasteiger partial charge in [0.1, 0.15) is 17.6 Å². The van der Waals surface area contributed by atoms with Crippen LogP contribution < -0.4 is 21.0 Å². The predicted octanol–water partition coefficient (Wildman–Crippen LogP) is 2.97. The van der Waals surface area contributed by atoms with Crippen molar-refractivity contribution in [2.24, 2.45) is 0 Å². The van der Waals surface area contributed by atoms with Gasteiger partial charge < -0.3 is 19.7 Å². The van der Waals surface area contributed by atoms with E-state index in [0.717, 1.165) is 4.57 Å². The Morgan fingerprint density at radius 2 is 2.03 bits per heavy atom. The normalized spacial score (nSPS) is 24.6. The first-order valence-electron chi connectivity index (χ1n) is 11.0. The molecule has 5 atom stereocenters. The van der Waals surface area contributed by atoms with Gasteiger partial charge in [0, 0.05) is 12.6 Å². The van der Waals surface area contributed by atoms with E-state index in [-0.39, 0.29) is 30.7 Å². The van der Waals surface area contributed by atoms with E-state index in [1.165, 1.54) is 26.1 Å². The average molecular weight is 512 g/mol.